The van der Waals surface area contributed by atoms with E-state index in [1.165, 1.54) is 6.07 Å². The van der Waals surface area contributed by atoms with Gasteiger partial charge in [-0.2, -0.15) is 0 Å². The molecule has 1 N–H and O–H groups in total. The summed E-state index contributed by atoms with van der Waals surface area (Å²) in [5, 5.41) is 3.42. The number of halogens is 1. The normalized spacial score (nSPS) is 14.6. The number of nitrogens with one attached hydrogen (secondary N) is 1. The van der Waals surface area contributed by atoms with Crippen molar-refractivity contribution in [3.63, 3.8) is 0 Å². The van der Waals surface area contributed by atoms with Gasteiger partial charge in [-0.3, -0.25) is 4.79 Å². The van der Waals surface area contributed by atoms with Crippen LogP contribution >= 0.6 is 0 Å². The lowest BCUT2D eigenvalue weighted by molar-refractivity contribution is 0.0718. The molecule has 0 unspecified atom stereocenters. The van der Waals surface area contributed by atoms with Gasteiger partial charge in [0.25, 0.3) is 5.91 Å². The van der Waals surface area contributed by atoms with Crippen molar-refractivity contribution in [2.45, 2.75) is 25.8 Å². The molecule has 1 aromatic carbocycles. The molecule has 3 aromatic rings. The Balaban J connectivity index is 1.36. The Kier molecular flexibility index (Phi) is 5.46. The number of amides is 1. The van der Waals surface area contributed by atoms with Crippen LogP contribution < -0.4 is 5.32 Å². The van der Waals surface area contributed by atoms with Crippen LogP contribution in [0.2, 0.25) is 0 Å². The Morgan fingerprint density at radius 1 is 1.07 bits per heavy atom. The summed E-state index contributed by atoms with van der Waals surface area (Å²) in [5.41, 5.74) is 2.40. The molecule has 6 nitrogen and oxygen atoms in total. The van der Waals surface area contributed by atoms with Crippen LogP contribution in [0.25, 0.3) is 11.5 Å². The first kappa shape index (κ1) is 19.0. The number of carbonyl (C=O) groups is 1. The van der Waals surface area contributed by atoms with Gasteiger partial charge in [-0.1, -0.05) is 17.7 Å². The third-order valence-corrected chi connectivity index (χ3v) is 5.04. The van der Waals surface area contributed by atoms with Gasteiger partial charge in [-0.25, -0.2) is 19.3 Å². The molecule has 2 aromatic heterocycles. The van der Waals surface area contributed by atoms with Gasteiger partial charge in [0.15, 0.2) is 5.82 Å². The molecule has 1 amide bonds. The molecular formula is C22H22FN5O. The fraction of sp³-hybridized carbons (Fsp3) is 0.273. The van der Waals surface area contributed by atoms with Crippen LogP contribution in [0.4, 0.5) is 10.2 Å². The molecule has 0 saturated carbocycles. The van der Waals surface area contributed by atoms with Crippen molar-refractivity contribution in [1.82, 2.24) is 19.9 Å². The van der Waals surface area contributed by atoms with Crippen molar-refractivity contribution in [3.05, 3.63) is 71.8 Å². The number of carbonyl (C=O) groups excluding carboxylic acids is 1. The van der Waals surface area contributed by atoms with Crippen LogP contribution in [0.1, 0.15) is 28.8 Å². The predicted molar refractivity (Wildman–Crippen MR) is 109 cm³/mol. The third kappa shape index (κ3) is 4.56. The number of likely N-dealkylation sites (tertiary alicyclic amines) is 1. The highest BCUT2D eigenvalue weighted by Crippen LogP contribution is 2.19. The first-order valence-electron chi connectivity index (χ1n) is 9.66. The molecule has 0 spiro atoms. The van der Waals surface area contributed by atoms with Gasteiger partial charge < -0.3 is 10.2 Å². The SMILES string of the molecule is Cc1ccc(C(=O)N2CCC(Nc3ccnc(-c4ccc(F)cn4)n3)CC2)cc1. The molecule has 29 heavy (non-hydrogen) atoms. The maximum Gasteiger partial charge on any atom is 0.253 e. The van der Waals surface area contributed by atoms with E-state index < -0.39 is 5.82 Å². The summed E-state index contributed by atoms with van der Waals surface area (Å²) < 4.78 is 13.1. The van der Waals surface area contributed by atoms with Crippen molar-refractivity contribution in [2.75, 3.05) is 18.4 Å². The molecule has 0 bridgehead atoms. The van der Waals surface area contributed by atoms with Crippen molar-refractivity contribution < 1.29 is 9.18 Å². The molecule has 1 saturated heterocycles. The minimum Gasteiger partial charge on any atom is -0.367 e. The highest BCUT2D eigenvalue weighted by atomic mass is 19.1. The van der Waals surface area contributed by atoms with Crippen LogP contribution in [0, 0.1) is 12.7 Å². The van der Waals surface area contributed by atoms with Crippen molar-refractivity contribution in [3.8, 4) is 11.5 Å². The number of pyridine rings is 1. The van der Waals surface area contributed by atoms with Gasteiger partial charge in [0.2, 0.25) is 0 Å². The Morgan fingerprint density at radius 2 is 1.83 bits per heavy atom. The second-order valence-electron chi connectivity index (χ2n) is 7.20. The summed E-state index contributed by atoms with van der Waals surface area (Å²) in [6.07, 6.45) is 4.49. The number of hydrogen-bond acceptors (Lipinski definition) is 5. The number of hydrogen-bond donors (Lipinski definition) is 1. The van der Waals surface area contributed by atoms with E-state index in [9.17, 15) is 9.18 Å². The number of benzene rings is 1. The fourth-order valence-electron chi connectivity index (χ4n) is 3.39. The zero-order valence-corrected chi connectivity index (χ0v) is 16.2. The zero-order chi connectivity index (χ0) is 20.2. The smallest absolute Gasteiger partial charge is 0.253 e. The molecule has 7 heteroatoms. The molecule has 1 aliphatic heterocycles. The zero-order valence-electron chi connectivity index (χ0n) is 16.2. The van der Waals surface area contributed by atoms with Crippen molar-refractivity contribution in [1.29, 1.82) is 0 Å². The van der Waals surface area contributed by atoms with Crippen molar-refractivity contribution >= 4 is 11.7 Å². The van der Waals surface area contributed by atoms with E-state index >= 15 is 0 Å². The topological polar surface area (TPSA) is 71.0 Å². The third-order valence-electron chi connectivity index (χ3n) is 5.04. The van der Waals surface area contributed by atoms with Gasteiger partial charge in [0.1, 0.15) is 17.3 Å². The molecular weight excluding hydrogens is 369 g/mol. The number of rotatable bonds is 4. The number of piperidine rings is 1. The average Bonchev–Trinajstić information content (AvgIpc) is 2.75. The molecule has 0 aliphatic carbocycles. The highest BCUT2D eigenvalue weighted by Gasteiger charge is 2.23. The van der Waals surface area contributed by atoms with E-state index in [1.807, 2.05) is 36.1 Å². The standard InChI is InChI=1S/C22H22FN5O/c1-15-2-4-16(5-3-15)22(29)28-12-9-18(10-13-28)26-20-8-11-24-21(27-20)19-7-6-17(23)14-25-19/h2-8,11,14,18H,9-10,12-13H2,1H3,(H,24,26,27). The number of aryl methyl sites for hydroxylation is 1. The lowest BCUT2D eigenvalue weighted by Crippen LogP contribution is -2.42. The largest absolute Gasteiger partial charge is 0.367 e. The van der Waals surface area contributed by atoms with E-state index in [4.69, 9.17) is 0 Å². The van der Waals surface area contributed by atoms with Gasteiger partial charge in [-0.15, -0.1) is 0 Å². The van der Waals surface area contributed by atoms with E-state index in [2.05, 4.69) is 20.3 Å². The lowest BCUT2D eigenvalue weighted by Gasteiger charge is -2.32. The summed E-state index contributed by atoms with van der Waals surface area (Å²) in [7, 11) is 0. The molecule has 0 atom stereocenters. The van der Waals surface area contributed by atoms with Crippen molar-refractivity contribution in [2.24, 2.45) is 0 Å². The molecule has 1 fully saturated rings. The number of anilines is 1. The Hall–Kier alpha value is -3.35. The minimum absolute atomic E-state index is 0.0788. The molecule has 148 valence electrons. The average molecular weight is 391 g/mol. The summed E-state index contributed by atoms with van der Waals surface area (Å²) in [6.45, 7) is 3.40. The molecule has 3 heterocycles. The van der Waals surface area contributed by atoms with Crippen LogP contribution in [0.15, 0.2) is 54.9 Å². The summed E-state index contributed by atoms with van der Waals surface area (Å²) in [5.74, 6) is 0.830. The van der Waals surface area contributed by atoms with E-state index in [-0.39, 0.29) is 11.9 Å². The summed E-state index contributed by atoms with van der Waals surface area (Å²) >= 11 is 0. The number of aromatic nitrogens is 3. The van der Waals surface area contributed by atoms with E-state index in [1.54, 1.807) is 18.3 Å². The van der Waals surface area contributed by atoms with E-state index in [0.29, 0.717) is 30.4 Å². The minimum atomic E-state index is -0.394. The monoisotopic (exact) mass is 391 g/mol. The lowest BCUT2D eigenvalue weighted by atomic mass is 10.0. The first-order chi connectivity index (χ1) is 14.1. The fourth-order valence-corrected chi connectivity index (χ4v) is 3.39. The van der Waals surface area contributed by atoms with Gasteiger partial charge >= 0.3 is 0 Å². The summed E-state index contributed by atoms with van der Waals surface area (Å²) in [6, 6.07) is 12.6. The first-order valence-corrected chi connectivity index (χ1v) is 9.66. The molecule has 0 radical (unpaired) electrons. The van der Waals surface area contributed by atoms with Crippen LogP contribution in [-0.4, -0.2) is 44.9 Å². The number of nitrogens with zero attached hydrogens (tertiary/aromatic N) is 4. The molecule has 4 rings (SSSR count). The van der Waals surface area contributed by atoms with Crippen LogP contribution in [0.3, 0.4) is 0 Å². The van der Waals surface area contributed by atoms with Gasteiger partial charge in [-0.05, 0) is 50.1 Å². The Bertz CT molecular complexity index is 983. The Labute approximate surface area is 168 Å². The highest BCUT2D eigenvalue weighted by molar-refractivity contribution is 5.94. The second-order valence-corrected chi connectivity index (χ2v) is 7.20. The second kappa shape index (κ2) is 8.34. The predicted octanol–water partition coefficient (Wildman–Crippen LogP) is 3.70. The Morgan fingerprint density at radius 3 is 2.52 bits per heavy atom. The van der Waals surface area contributed by atoms with E-state index in [0.717, 1.165) is 30.2 Å². The van der Waals surface area contributed by atoms with Crippen LogP contribution in [-0.2, 0) is 0 Å². The quantitative estimate of drug-likeness (QED) is 0.734. The van der Waals surface area contributed by atoms with Gasteiger partial charge in [0, 0.05) is 30.9 Å². The van der Waals surface area contributed by atoms with Crippen LogP contribution in [0.5, 0.6) is 0 Å². The summed E-state index contributed by atoms with van der Waals surface area (Å²) in [4.78, 5) is 27.3. The maximum atomic E-state index is 13.1. The molecule has 1 aliphatic rings. The maximum absolute atomic E-state index is 13.1. The van der Waals surface area contributed by atoms with Gasteiger partial charge in [0.05, 0.1) is 6.20 Å².